The summed E-state index contributed by atoms with van der Waals surface area (Å²) in [4.78, 5) is 25.6. The summed E-state index contributed by atoms with van der Waals surface area (Å²) in [6.07, 6.45) is 1.67. The molecule has 27 heavy (non-hydrogen) atoms. The Kier molecular flexibility index (Phi) is 5.48. The number of thioether (sulfide) groups is 1. The van der Waals surface area contributed by atoms with Crippen molar-refractivity contribution in [2.24, 2.45) is 0 Å². The molecule has 1 amide bonds. The predicted molar refractivity (Wildman–Crippen MR) is 106 cm³/mol. The number of rotatable bonds is 5. The number of carbonyl (C=O) groups excluding carboxylic acids is 2. The van der Waals surface area contributed by atoms with E-state index in [0.717, 1.165) is 11.8 Å². The maximum absolute atomic E-state index is 12.9. The zero-order valence-corrected chi connectivity index (χ0v) is 16.1. The predicted octanol–water partition coefficient (Wildman–Crippen LogP) is 2.47. The number of ether oxygens (including phenoxy) is 2. The van der Waals surface area contributed by atoms with Crippen LogP contribution in [0.5, 0.6) is 11.5 Å². The second-order valence-electron chi connectivity index (χ2n) is 5.46. The first-order valence-corrected chi connectivity index (χ1v) is 8.98. The normalized spacial score (nSPS) is 15.3. The van der Waals surface area contributed by atoms with Crippen molar-refractivity contribution in [2.75, 3.05) is 19.1 Å². The highest BCUT2D eigenvalue weighted by molar-refractivity contribution is 8.27. The minimum absolute atomic E-state index is 0.0278. The average Bonchev–Trinajstić information content (AvgIpc) is 2.95. The molecule has 0 saturated carbocycles. The lowest BCUT2D eigenvalue weighted by atomic mass is 10.1. The molecule has 1 saturated heterocycles. The lowest BCUT2D eigenvalue weighted by Crippen LogP contribution is -2.28. The summed E-state index contributed by atoms with van der Waals surface area (Å²) in [5, 5.41) is 11.1. The standard InChI is InChI=1S/C19H15NO5S2/c1-24-14-6-7-15(25-2)12(9-14)10-16-17(21)20(19(26)27-16)13-5-3-4-11(8-13)18(22)23/h3-10H,1-2H3,(H,22,23)/p-1/b16-10+. The van der Waals surface area contributed by atoms with E-state index >= 15 is 0 Å². The van der Waals surface area contributed by atoms with Crippen LogP contribution in [-0.2, 0) is 4.79 Å². The molecule has 0 bridgehead atoms. The van der Waals surface area contributed by atoms with Crippen molar-refractivity contribution < 1.29 is 24.2 Å². The van der Waals surface area contributed by atoms with Gasteiger partial charge in [0.15, 0.2) is 4.32 Å². The van der Waals surface area contributed by atoms with Gasteiger partial charge in [-0.05, 0) is 42.0 Å². The van der Waals surface area contributed by atoms with Gasteiger partial charge in [-0.1, -0.05) is 36.1 Å². The van der Waals surface area contributed by atoms with E-state index < -0.39 is 5.97 Å². The van der Waals surface area contributed by atoms with E-state index in [1.54, 1.807) is 37.5 Å². The fourth-order valence-corrected chi connectivity index (χ4v) is 3.85. The summed E-state index contributed by atoms with van der Waals surface area (Å²) in [7, 11) is 3.09. The van der Waals surface area contributed by atoms with Crippen LogP contribution in [0.2, 0.25) is 0 Å². The molecular weight excluding hydrogens is 386 g/mol. The fraction of sp³-hybridized carbons (Fsp3) is 0.105. The monoisotopic (exact) mass is 400 g/mol. The third-order valence-corrected chi connectivity index (χ3v) is 5.16. The van der Waals surface area contributed by atoms with E-state index in [-0.39, 0.29) is 11.5 Å². The summed E-state index contributed by atoms with van der Waals surface area (Å²) in [6, 6.07) is 11.2. The van der Waals surface area contributed by atoms with E-state index in [2.05, 4.69) is 0 Å². The lowest BCUT2D eigenvalue weighted by Gasteiger charge is -2.16. The average molecular weight is 400 g/mol. The minimum atomic E-state index is -1.32. The quantitative estimate of drug-likeness (QED) is 0.563. The number of nitrogens with zero attached hydrogens (tertiary/aromatic N) is 1. The Balaban J connectivity index is 1.98. The van der Waals surface area contributed by atoms with Gasteiger partial charge in [-0.15, -0.1) is 0 Å². The van der Waals surface area contributed by atoms with Crippen molar-refractivity contribution in [3.63, 3.8) is 0 Å². The van der Waals surface area contributed by atoms with E-state index in [1.165, 1.54) is 30.2 Å². The van der Waals surface area contributed by atoms with Crippen molar-refractivity contribution in [2.45, 2.75) is 0 Å². The number of hydrogen-bond acceptors (Lipinski definition) is 7. The Morgan fingerprint density at radius 3 is 2.63 bits per heavy atom. The first-order valence-electron chi connectivity index (χ1n) is 7.76. The molecule has 0 aliphatic carbocycles. The first kappa shape index (κ1) is 18.9. The van der Waals surface area contributed by atoms with Crippen LogP contribution in [0.3, 0.4) is 0 Å². The minimum Gasteiger partial charge on any atom is -0.545 e. The Morgan fingerprint density at radius 1 is 1.19 bits per heavy atom. The molecule has 1 aliphatic heterocycles. The van der Waals surface area contributed by atoms with Crippen LogP contribution in [0.25, 0.3) is 6.08 Å². The Bertz CT molecular complexity index is 970. The highest BCUT2D eigenvalue weighted by Gasteiger charge is 2.33. The molecule has 0 atom stereocenters. The SMILES string of the molecule is COc1ccc(OC)c(/C=C2/SC(=S)N(c3cccc(C(=O)[O-])c3)C2=O)c1. The number of carboxylic acids is 1. The smallest absolute Gasteiger partial charge is 0.270 e. The molecule has 0 spiro atoms. The number of carboxylic acid groups (broad SMARTS) is 1. The van der Waals surface area contributed by atoms with Gasteiger partial charge < -0.3 is 19.4 Å². The van der Waals surface area contributed by atoms with Crippen LogP contribution in [0.15, 0.2) is 47.4 Å². The molecule has 8 heteroatoms. The van der Waals surface area contributed by atoms with Crippen LogP contribution in [0, 0.1) is 0 Å². The molecule has 1 fully saturated rings. The van der Waals surface area contributed by atoms with E-state index in [9.17, 15) is 14.7 Å². The second kappa shape index (κ2) is 7.81. The number of benzene rings is 2. The number of aromatic carboxylic acids is 1. The van der Waals surface area contributed by atoms with Crippen LogP contribution >= 0.6 is 24.0 Å². The lowest BCUT2D eigenvalue weighted by molar-refractivity contribution is -0.255. The molecule has 6 nitrogen and oxygen atoms in total. The molecule has 138 valence electrons. The summed E-state index contributed by atoms with van der Waals surface area (Å²) in [6.45, 7) is 0. The number of thiocarbonyl (C=S) groups is 1. The van der Waals surface area contributed by atoms with Crippen molar-refractivity contribution in [1.29, 1.82) is 0 Å². The number of anilines is 1. The van der Waals surface area contributed by atoms with Crippen molar-refractivity contribution in [3.8, 4) is 11.5 Å². The van der Waals surface area contributed by atoms with Gasteiger partial charge in [0, 0.05) is 5.56 Å². The van der Waals surface area contributed by atoms with E-state index in [0.29, 0.717) is 32.0 Å². The fourth-order valence-electron chi connectivity index (χ4n) is 2.56. The summed E-state index contributed by atoms with van der Waals surface area (Å²) < 4.78 is 10.9. The first-order chi connectivity index (χ1) is 12.9. The number of amides is 1. The van der Waals surface area contributed by atoms with E-state index in [1.807, 2.05) is 0 Å². The maximum atomic E-state index is 12.9. The third kappa shape index (κ3) is 3.81. The highest BCUT2D eigenvalue weighted by Crippen LogP contribution is 2.37. The van der Waals surface area contributed by atoms with Gasteiger partial charge in [0.2, 0.25) is 0 Å². The molecule has 2 aromatic rings. The van der Waals surface area contributed by atoms with Crippen LogP contribution in [0.4, 0.5) is 5.69 Å². The molecule has 0 aromatic heterocycles. The molecule has 1 heterocycles. The third-order valence-electron chi connectivity index (χ3n) is 3.86. The topological polar surface area (TPSA) is 78.9 Å². The number of hydrogen-bond donors (Lipinski definition) is 0. The van der Waals surface area contributed by atoms with Gasteiger partial charge >= 0.3 is 0 Å². The molecule has 2 aromatic carbocycles. The van der Waals surface area contributed by atoms with E-state index in [4.69, 9.17) is 21.7 Å². The molecular formula is C19H14NO5S2-. The summed E-state index contributed by atoms with van der Waals surface area (Å²) >= 11 is 6.45. The van der Waals surface area contributed by atoms with Gasteiger partial charge in [-0.3, -0.25) is 9.69 Å². The molecule has 0 radical (unpaired) electrons. The zero-order chi connectivity index (χ0) is 19.6. The van der Waals surface area contributed by atoms with Crippen LogP contribution in [-0.4, -0.2) is 30.4 Å². The Morgan fingerprint density at radius 2 is 1.96 bits per heavy atom. The van der Waals surface area contributed by atoms with Crippen molar-refractivity contribution in [1.82, 2.24) is 0 Å². The largest absolute Gasteiger partial charge is 0.545 e. The summed E-state index contributed by atoms with van der Waals surface area (Å²) in [5.74, 6) is -0.455. The van der Waals surface area contributed by atoms with Crippen LogP contribution < -0.4 is 19.5 Å². The number of carbonyl (C=O) groups is 2. The summed E-state index contributed by atoms with van der Waals surface area (Å²) in [5.41, 5.74) is 1.01. The van der Waals surface area contributed by atoms with Gasteiger partial charge in [-0.25, -0.2) is 0 Å². The van der Waals surface area contributed by atoms with Crippen LogP contribution in [0.1, 0.15) is 15.9 Å². The highest BCUT2D eigenvalue weighted by atomic mass is 32.2. The second-order valence-corrected chi connectivity index (χ2v) is 7.14. The zero-order valence-electron chi connectivity index (χ0n) is 14.4. The van der Waals surface area contributed by atoms with Crippen molar-refractivity contribution in [3.05, 3.63) is 58.5 Å². The molecule has 3 rings (SSSR count). The van der Waals surface area contributed by atoms with Gasteiger partial charge in [0.25, 0.3) is 5.91 Å². The Labute approximate surface area is 165 Å². The molecule has 0 N–H and O–H groups in total. The van der Waals surface area contributed by atoms with Crippen molar-refractivity contribution >= 4 is 51.9 Å². The van der Waals surface area contributed by atoms with Gasteiger partial charge in [0.1, 0.15) is 11.5 Å². The van der Waals surface area contributed by atoms with Gasteiger partial charge in [0.05, 0.1) is 30.8 Å². The molecule has 0 unspecified atom stereocenters. The molecule has 1 aliphatic rings. The van der Waals surface area contributed by atoms with Gasteiger partial charge in [-0.2, -0.15) is 0 Å². The Hall–Kier alpha value is -2.84. The number of methoxy groups -OCH3 is 2. The maximum Gasteiger partial charge on any atom is 0.270 e.